The van der Waals surface area contributed by atoms with Crippen molar-refractivity contribution in [2.75, 3.05) is 6.61 Å². The number of aromatic nitrogens is 3. The molecule has 6 heteroatoms. The lowest BCUT2D eigenvalue weighted by Crippen LogP contribution is -2.39. The monoisotopic (exact) mass is 316 g/mol. The molecule has 2 rings (SSSR count). The Morgan fingerprint density at radius 2 is 2.13 bits per heavy atom. The van der Waals surface area contributed by atoms with E-state index in [0.29, 0.717) is 12.3 Å². The smallest absolute Gasteiger partial charge is 0.261 e. The normalized spacial score (nSPS) is 10.9. The van der Waals surface area contributed by atoms with Gasteiger partial charge in [0.05, 0.1) is 11.9 Å². The highest BCUT2D eigenvalue weighted by molar-refractivity contribution is 5.78. The molecule has 124 valence electrons. The summed E-state index contributed by atoms with van der Waals surface area (Å²) in [5, 5.41) is 4.42. The molecule has 2 heterocycles. The van der Waals surface area contributed by atoms with Gasteiger partial charge in [-0.25, -0.2) is 0 Å². The number of hydrogen-bond acceptors (Lipinski definition) is 4. The van der Waals surface area contributed by atoms with E-state index in [9.17, 15) is 4.79 Å². The van der Waals surface area contributed by atoms with Crippen LogP contribution in [0, 0.1) is 13.8 Å². The Kier molecular flexibility index (Phi) is 5.36. The molecule has 6 nitrogen and oxygen atoms in total. The van der Waals surface area contributed by atoms with Crippen LogP contribution in [0.4, 0.5) is 0 Å². The van der Waals surface area contributed by atoms with E-state index in [1.165, 1.54) is 0 Å². The van der Waals surface area contributed by atoms with Gasteiger partial charge >= 0.3 is 0 Å². The van der Waals surface area contributed by atoms with Crippen molar-refractivity contribution in [1.82, 2.24) is 19.7 Å². The van der Waals surface area contributed by atoms with Crippen LogP contribution in [0.5, 0.6) is 5.75 Å². The number of carbonyl (C=O) groups is 1. The van der Waals surface area contributed by atoms with Crippen molar-refractivity contribution in [3.63, 3.8) is 0 Å². The summed E-state index contributed by atoms with van der Waals surface area (Å²) in [4.78, 5) is 18.3. The molecule has 0 saturated carbocycles. The third-order valence-electron chi connectivity index (χ3n) is 3.93. The summed E-state index contributed by atoms with van der Waals surface area (Å²) in [6, 6.07) is 3.65. The van der Waals surface area contributed by atoms with Gasteiger partial charge in [-0.2, -0.15) is 5.10 Å². The van der Waals surface area contributed by atoms with Crippen molar-refractivity contribution in [3.05, 3.63) is 41.5 Å². The number of carbonyl (C=O) groups excluding carboxylic acids is 1. The van der Waals surface area contributed by atoms with Crippen LogP contribution in [-0.4, -0.2) is 38.2 Å². The van der Waals surface area contributed by atoms with E-state index >= 15 is 0 Å². The topological polar surface area (TPSA) is 60.2 Å². The lowest BCUT2D eigenvalue weighted by atomic mass is 10.1. The standard InChI is InChI=1S/C17H24N4O2/c1-12(2)21(10-16-13(3)19-20(5)14(16)4)17(22)11-23-15-7-6-8-18-9-15/h6-9,12H,10-11H2,1-5H3. The minimum atomic E-state index is -0.0495. The zero-order chi connectivity index (χ0) is 17.0. The fourth-order valence-corrected chi connectivity index (χ4v) is 2.44. The molecule has 0 N–H and O–H groups in total. The van der Waals surface area contributed by atoms with Gasteiger partial charge in [0.25, 0.3) is 5.91 Å². The maximum Gasteiger partial charge on any atom is 0.261 e. The molecule has 0 radical (unpaired) electrons. The zero-order valence-electron chi connectivity index (χ0n) is 14.4. The highest BCUT2D eigenvalue weighted by atomic mass is 16.5. The van der Waals surface area contributed by atoms with Gasteiger partial charge in [0, 0.05) is 37.1 Å². The van der Waals surface area contributed by atoms with Gasteiger partial charge in [0.2, 0.25) is 0 Å². The molecule has 0 bridgehead atoms. The molecular weight excluding hydrogens is 292 g/mol. The summed E-state index contributed by atoms with van der Waals surface area (Å²) < 4.78 is 7.37. The zero-order valence-corrected chi connectivity index (χ0v) is 14.4. The van der Waals surface area contributed by atoms with E-state index in [1.807, 2.05) is 44.3 Å². The second-order valence-corrected chi connectivity index (χ2v) is 5.87. The number of rotatable bonds is 6. The lowest BCUT2D eigenvalue weighted by Gasteiger charge is -2.27. The lowest BCUT2D eigenvalue weighted by molar-refractivity contribution is -0.135. The van der Waals surface area contributed by atoms with Gasteiger partial charge in [-0.15, -0.1) is 0 Å². The molecule has 0 fully saturated rings. The summed E-state index contributed by atoms with van der Waals surface area (Å²) in [5.74, 6) is 0.546. The van der Waals surface area contributed by atoms with Gasteiger partial charge in [-0.3, -0.25) is 14.5 Å². The molecular formula is C17H24N4O2. The summed E-state index contributed by atoms with van der Waals surface area (Å²) in [7, 11) is 1.92. The number of ether oxygens (including phenoxy) is 1. The fourth-order valence-electron chi connectivity index (χ4n) is 2.44. The SMILES string of the molecule is Cc1nn(C)c(C)c1CN(C(=O)COc1cccnc1)C(C)C. The second kappa shape index (κ2) is 7.26. The van der Waals surface area contributed by atoms with Crippen molar-refractivity contribution in [2.45, 2.75) is 40.3 Å². The van der Waals surface area contributed by atoms with Gasteiger partial charge in [0.1, 0.15) is 5.75 Å². The van der Waals surface area contributed by atoms with Crippen molar-refractivity contribution in [2.24, 2.45) is 7.05 Å². The molecule has 2 aromatic heterocycles. The van der Waals surface area contributed by atoms with Crippen molar-refractivity contribution >= 4 is 5.91 Å². The van der Waals surface area contributed by atoms with Crippen molar-refractivity contribution < 1.29 is 9.53 Å². The summed E-state index contributed by atoms with van der Waals surface area (Å²) in [6.07, 6.45) is 3.27. The maximum atomic E-state index is 12.5. The van der Waals surface area contributed by atoms with E-state index in [4.69, 9.17) is 4.74 Å². The van der Waals surface area contributed by atoms with Crippen LogP contribution in [0.2, 0.25) is 0 Å². The van der Waals surface area contributed by atoms with Crippen LogP contribution in [0.3, 0.4) is 0 Å². The van der Waals surface area contributed by atoms with E-state index in [-0.39, 0.29) is 18.6 Å². The van der Waals surface area contributed by atoms with Crippen LogP contribution < -0.4 is 4.74 Å². The Morgan fingerprint density at radius 3 is 2.65 bits per heavy atom. The van der Waals surface area contributed by atoms with Crippen LogP contribution in [0.25, 0.3) is 0 Å². The maximum absolute atomic E-state index is 12.5. The summed E-state index contributed by atoms with van der Waals surface area (Å²) >= 11 is 0. The molecule has 2 aromatic rings. The number of aryl methyl sites for hydroxylation is 2. The predicted molar refractivity (Wildman–Crippen MR) is 88.1 cm³/mol. The molecule has 0 unspecified atom stereocenters. The van der Waals surface area contributed by atoms with Crippen LogP contribution >= 0.6 is 0 Å². The molecule has 0 aromatic carbocycles. The van der Waals surface area contributed by atoms with Crippen molar-refractivity contribution in [1.29, 1.82) is 0 Å². The van der Waals surface area contributed by atoms with E-state index in [1.54, 1.807) is 24.5 Å². The number of hydrogen-bond donors (Lipinski definition) is 0. The molecule has 0 saturated heterocycles. The molecule has 0 atom stereocenters. The van der Waals surface area contributed by atoms with Gasteiger partial charge in [-0.1, -0.05) is 0 Å². The van der Waals surface area contributed by atoms with E-state index in [2.05, 4.69) is 10.1 Å². The number of amides is 1. The Balaban J connectivity index is 2.07. The first-order chi connectivity index (χ1) is 10.9. The van der Waals surface area contributed by atoms with Gasteiger partial charge < -0.3 is 9.64 Å². The quantitative estimate of drug-likeness (QED) is 0.820. The third kappa shape index (κ3) is 4.09. The van der Waals surface area contributed by atoms with Crippen LogP contribution in [-0.2, 0) is 18.4 Å². The summed E-state index contributed by atoms with van der Waals surface area (Å²) in [6.45, 7) is 8.54. The molecule has 23 heavy (non-hydrogen) atoms. The Morgan fingerprint density at radius 1 is 1.39 bits per heavy atom. The second-order valence-electron chi connectivity index (χ2n) is 5.87. The predicted octanol–water partition coefficient (Wildman–Crippen LogP) is 2.25. The average Bonchev–Trinajstić information content (AvgIpc) is 2.76. The Labute approximate surface area is 137 Å². The summed E-state index contributed by atoms with van der Waals surface area (Å²) in [5.41, 5.74) is 3.13. The van der Waals surface area contributed by atoms with Gasteiger partial charge in [-0.05, 0) is 39.8 Å². The van der Waals surface area contributed by atoms with E-state index < -0.39 is 0 Å². The highest BCUT2D eigenvalue weighted by Crippen LogP contribution is 2.17. The molecule has 0 aliphatic carbocycles. The van der Waals surface area contributed by atoms with Gasteiger partial charge in [0.15, 0.2) is 6.61 Å². The largest absolute Gasteiger partial charge is 0.482 e. The number of nitrogens with zero attached hydrogens (tertiary/aromatic N) is 4. The fraction of sp³-hybridized carbons (Fsp3) is 0.471. The van der Waals surface area contributed by atoms with Crippen LogP contribution in [0.15, 0.2) is 24.5 Å². The van der Waals surface area contributed by atoms with Crippen LogP contribution in [0.1, 0.15) is 30.8 Å². The third-order valence-corrected chi connectivity index (χ3v) is 3.93. The molecule has 0 spiro atoms. The first-order valence-electron chi connectivity index (χ1n) is 7.71. The number of pyridine rings is 1. The minimum Gasteiger partial charge on any atom is -0.482 e. The first kappa shape index (κ1) is 17.0. The molecule has 0 aliphatic heterocycles. The van der Waals surface area contributed by atoms with Crippen molar-refractivity contribution in [3.8, 4) is 5.75 Å². The molecule has 0 aliphatic rings. The Bertz CT molecular complexity index is 665. The molecule has 1 amide bonds. The van der Waals surface area contributed by atoms with E-state index in [0.717, 1.165) is 17.0 Å². The highest BCUT2D eigenvalue weighted by Gasteiger charge is 2.21. The Hall–Kier alpha value is -2.37. The minimum absolute atomic E-state index is 0.00221. The average molecular weight is 316 g/mol. The first-order valence-corrected chi connectivity index (χ1v) is 7.71.